The summed E-state index contributed by atoms with van der Waals surface area (Å²) in [6, 6.07) is 13.2. The summed E-state index contributed by atoms with van der Waals surface area (Å²) in [5.74, 6) is -0.617. The topological polar surface area (TPSA) is 102 Å². The van der Waals surface area contributed by atoms with E-state index in [0.717, 1.165) is 4.68 Å². The van der Waals surface area contributed by atoms with Crippen LogP contribution in [0.25, 0.3) is 10.8 Å². The van der Waals surface area contributed by atoms with Crippen molar-refractivity contribution in [3.8, 4) is 5.75 Å². The van der Waals surface area contributed by atoms with E-state index in [9.17, 15) is 14.4 Å². The van der Waals surface area contributed by atoms with Gasteiger partial charge in [-0.15, -0.1) is 0 Å². The number of hydrogen-bond donors (Lipinski definition) is 2. The molecule has 0 bridgehead atoms. The first-order valence-electron chi connectivity index (χ1n) is 7.72. The molecule has 26 heavy (non-hydrogen) atoms. The standard InChI is InChI=1S/C18H16N4O4/c1-22-18(25)14-9-4-3-8-13(14)15(21-22)17(24)20-19-16(23)11-6-5-7-12(10-11)26-2/h3-10H,1-2H3,(H,19,23)(H,20,24). The number of amides is 2. The number of aromatic nitrogens is 2. The molecule has 0 aliphatic carbocycles. The summed E-state index contributed by atoms with van der Waals surface area (Å²) in [6.07, 6.45) is 0. The average molecular weight is 352 g/mol. The molecule has 1 aromatic heterocycles. The first-order chi connectivity index (χ1) is 12.5. The largest absolute Gasteiger partial charge is 0.497 e. The van der Waals surface area contributed by atoms with Gasteiger partial charge in [-0.2, -0.15) is 5.10 Å². The van der Waals surface area contributed by atoms with Gasteiger partial charge >= 0.3 is 0 Å². The number of fused-ring (bicyclic) bond motifs is 1. The van der Waals surface area contributed by atoms with Crippen molar-refractivity contribution in [3.05, 3.63) is 70.1 Å². The van der Waals surface area contributed by atoms with Crippen molar-refractivity contribution >= 4 is 22.6 Å². The summed E-state index contributed by atoms with van der Waals surface area (Å²) in [5, 5.41) is 4.78. The van der Waals surface area contributed by atoms with Crippen LogP contribution in [-0.4, -0.2) is 28.7 Å². The molecule has 3 rings (SSSR count). The summed E-state index contributed by atoms with van der Waals surface area (Å²) in [7, 11) is 2.95. The number of rotatable bonds is 3. The lowest BCUT2D eigenvalue weighted by molar-refractivity contribution is 0.0843. The zero-order chi connectivity index (χ0) is 18.7. The Morgan fingerprint density at radius 3 is 2.42 bits per heavy atom. The predicted molar refractivity (Wildman–Crippen MR) is 94.9 cm³/mol. The van der Waals surface area contributed by atoms with Crippen molar-refractivity contribution in [1.29, 1.82) is 0 Å². The van der Waals surface area contributed by atoms with Gasteiger partial charge in [-0.3, -0.25) is 25.2 Å². The van der Waals surface area contributed by atoms with Gasteiger partial charge in [-0.25, -0.2) is 4.68 Å². The Balaban J connectivity index is 1.83. The first-order valence-corrected chi connectivity index (χ1v) is 7.72. The van der Waals surface area contributed by atoms with Gasteiger partial charge in [0.2, 0.25) is 0 Å². The Kier molecular flexibility index (Phi) is 4.66. The van der Waals surface area contributed by atoms with E-state index in [-0.39, 0.29) is 11.3 Å². The zero-order valence-corrected chi connectivity index (χ0v) is 14.1. The third kappa shape index (κ3) is 3.25. The minimum atomic E-state index is -0.631. The molecule has 3 aromatic rings. The van der Waals surface area contributed by atoms with E-state index in [0.29, 0.717) is 22.1 Å². The summed E-state index contributed by atoms with van der Waals surface area (Å²) in [4.78, 5) is 36.7. The minimum absolute atomic E-state index is 0.0358. The van der Waals surface area contributed by atoms with Crippen LogP contribution in [0.1, 0.15) is 20.8 Å². The van der Waals surface area contributed by atoms with Crippen LogP contribution < -0.4 is 21.1 Å². The molecular formula is C18H16N4O4. The van der Waals surface area contributed by atoms with Gasteiger partial charge in [0.1, 0.15) is 5.75 Å². The third-order valence-corrected chi connectivity index (χ3v) is 3.79. The predicted octanol–water partition coefficient (Wildman–Crippen LogP) is 1.02. The van der Waals surface area contributed by atoms with E-state index >= 15 is 0 Å². The highest BCUT2D eigenvalue weighted by atomic mass is 16.5. The summed E-state index contributed by atoms with van der Waals surface area (Å²) >= 11 is 0. The van der Waals surface area contributed by atoms with E-state index in [1.807, 2.05) is 0 Å². The highest BCUT2D eigenvalue weighted by Gasteiger charge is 2.16. The molecule has 132 valence electrons. The number of nitrogens with one attached hydrogen (secondary N) is 2. The van der Waals surface area contributed by atoms with Crippen LogP contribution in [0.3, 0.4) is 0 Å². The number of ether oxygens (including phenoxy) is 1. The van der Waals surface area contributed by atoms with Crippen molar-refractivity contribution in [2.45, 2.75) is 0 Å². The number of hydrogen-bond acceptors (Lipinski definition) is 5. The monoisotopic (exact) mass is 352 g/mol. The van der Waals surface area contributed by atoms with Gasteiger partial charge in [0.25, 0.3) is 17.4 Å². The lowest BCUT2D eigenvalue weighted by Gasteiger charge is -2.10. The second kappa shape index (κ2) is 7.06. The van der Waals surface area contributed by atoms with E-state index in [1.54, 1.807) is 48.5 Å². The van der Waals surface area contributed by atoms with E-state index in [1.165, 1.54) is 14.2 Å². The molecule has 0 saturated heterocycles. The molecule has 2 N–H and O–H groups in total. The Morgan fingerprint density at radius 2 is 1.69 bits per heavy atom. The van der Waals surface area contributed by atoms with Gasteiger partial charge < -0.3 is 4.74 Å². The van der Waals surface area contributed by atoms with Crippen LogP contribution in [0.2, 0.25) is 0 Å². The summed E-state index contributed by atoms with van der Waals surface area (Å²) in [5.41, 5.74) is 4.69. The molecule has 8 heteroatoms. The minimum Gasteiger partial charge on any atom is -0.497 e. The molecule has 0 aliphatic rings. The highest BCUT2D eigenvalue weighted by Crippen LogP contribution is 2.13. The molecule has 1 heterocycles. The van der Waals surface area contributed by atoms with Crippen molar-refractivity contribution in [2.24, 2.45) is 7.05 Å². The van der Waals surface area contributed by atoms with Crippen LogP contribution in [0.5, 0.6) is 5.75 Å². The van der Waals surface area contributed by atoms with Crippen molar-refractivity contribution in [1.82, 2.24) is 20.6 Å². The number of aryl methyl sites for hydroxylation is 1. The number of carbonyl (C=O) groups is 2. The van der Waals surface area contributed by atoms with Gasteiger partial charge in [-0.1, -0.05) is 24.3 Å². The maximum atomic E-state index is 12.5. The molecule has 2 aromatic carbocycles. The van der Waals surface area contributed by atoms with Gasteiger partial charge in [0, 0.05) is 18.0 Å². The molecule has 0 fully saturated rings. The Labute approximate surface area is 148 Å². The SMILES string of the molecule is COc1cccc(C(=O)NNC(=O)c2nn(C)c(=O)c3ccccc23)c1. The molecule has 0 saturated carbocycles. The quantitative estimate of drug-likeness (QED) is 0.685. The molecule has 0 aliphatic heterocycles. The van der Waals surface area contributed by atoms with Crippen LogP contribution in [0.15, 0.2) is 53.3 Å². The van der Waals surface area contributed by atoms with Gasteiger partial charge in [0.05, 0.1) is 12.5 Å². The van der Waals surface area contributed by atoms with Crippen molar-refractivity contribution < 1.29 is 14.3 Å². The lowest BCUT2D eigenvalue weighted by Crippen LogP contribution is -2.42. The second-order valence-corrected chi connectivity index (χ2v) is 5.46. The maximum Gasteiger partial charge on any atom is 0.290 e. The lowest BCUT2D eigenvalue weighted by atomic mass is 10.1. The Morgan fingerprint density at radius 1 is 1.00 bits per heavy atom. The first kappa shape index (κ1) is 17.2. The number of methoxy groups -OCH3 is 1. The summed E-state index contributed by atoms with van der Waals surface area (Å²) < 4.78 is 6.15. The number of benzene rings is 2. The molecule has 0 spiro atoms. The molecule has 8 nitrogen and oxygen atoms in total. The normalized spacial score (nSPS) is 10.4. The van der Waals surface area contributed by atoms with Crippen LogP contribution in [-0.2, 0) is 7.05 Å². The molecule has 2 amide bonds. The molecule has 0 atom stereocenters. The van der Waals surface area contributed by atoms with Crippen molar-refractivity contribution in [3.63, 3.8) is 0 Å². The fourth-order valence-corrected chi connectivity index (χ4v) is 2.48. The van der Waals surface area contributed by atoms with E-state index in [2.05, 4.69) is 16.0 Å². The molecule has 0 radical (unpaired) electrons. The second-order valence-electron chi connectivity index (χ2n) is 5.46. The fourth-order valence-electron chi connectivity index (χ4n) is 2.48. The fraction of sp³-hybridized carbons (Fsp3) is 0.111. The van der Waals surface area contributed by atoms with Gasteiger partial charge in [0.15, 0.2) is 5.69 Å². The Bertz CT molecular complexity index is 1060. The average Bonchev–Trinajstić information content (AvgIpc) is 2.68. The van der Waals surface area contributed by atoms with Gasteiger partial charge in [-0.05, 0) is 24.3 Å². The van der Waals surface area contributed by atoms with E-state index in [4.69, 9.17) is 4.74 Å². The zero-order valence-electron chi connectivity index (χ0n) is 14.1. The molecular weight excluding hydrogens is 336 g/mol. The Hall–Kier alpha value is -3.68. The van der Waals surface area contributed by atoms with Crippen molar-refractivity contribution in [2.75, 3.05) is 7.11 Å². The maximum absolute atomic E-state index is 12.5. The number of nitrogens with zero attached hydrogens (tertiary/aromatic N) is 2. The highest BCUT2D eigenvalue weighted by molar-refractivity contribution is 6.06. The summed E-state index contributed by atoms with van der Waals surface area (Å²) in [6.45, 7) is 0. The van der Waals surface area contributed by atoms with Crippen LogP contribution >= 0.6 is 0 Å². The molecule has 0 unspecified atom stereocenters. The number of carbonyl (C=O) groups excluding carboxylic acids is 2. The van der Waals surface area contributed by atoms with Crippen LogP contribution in [0, 0.1) is 0 Å². The van der Waals surface area contributed by atoms with E-state index < -0.39 is 11.8 Å². The smallest absolute Gasteiger partial charge is 0.290 e. The third-order valence-electron chi connectivity index (χ3n) is 3.79. The number of hydrazine groups is 1. The van der Waals surface area contributed by atoms with Crippen LogP contribution in [0.4, 0.5) is 0 Å².